The van der Waals surface area contributed by atoms with Crippen molar-refractivity contribution in [1.82, 2.24) is 9.78 Å². The van der Waals surface area contributed by atoms with Crippen molar-refractivity contribution in [2.75, 3.05) is 40.6 Å². The van der Waals surface area contributed by atoms with E-state index in [9.17, 15) is 9.90 Å². The lowest BCUT2D eigenvalue weighted by molar-refractivity contribution is 0.0544. The van der Waals surface area contributed by atoms with Crippen LogP contribution in [-0.2, 0) is 14.2 Å². The fourth-order valence-electron chi connectivity index (χ4n) is 1.92. The first-order valence-electron chi connectivity index (χ1n) is 8.32. The summed E-state index contributed by atoms with van der Waals surface area (Å²) in [5.41, 5.74) is 0.583. The number of phenolic OH excluding ortho intramolecular Hbond substituents is 1. The minimum atomic E-state index is -0.540. The molecule has 0 saturated heterocycles. The first-order chi connectivity index (χ1) is 12.7. The fourth-order valence-corrected chi connectivity index (χ4v) is 1.92. The number of carbonyl (C=O) groups is 1. The van der Waals surface area contributed by atoms with Gasteiger partial charge >= 0.3 is 5.97 Å². The molecule has 2 rings (SSSR count). The number of aromatic nitrogens is 2. The third-order valence-electron chi connectivity index (χ3n) is 3.11. The Bertz CT molecular complexity index is 671. The highest BCUT2D eigenvalue weighted by molar-refractivity contribution is 5.87. The molecule has 1 aromatic carbocycles. The summed E-state index contributed by atoms with van der Waals surface area (Å²) in [5.74, 6) is -0.0547. The molecule has 0 saturated carbocycles. The first kappa shape index (κ1) is 21.5. The van der Waals surface area contributed by atoms with E-state index in [1.165, 1.54) is 23.9 Å². The molecule has 0 amide bonds. The summed E-state index contributed by atoms with van der Waals surface area (Å²) < 4.78 is 21.6. The van der Waals surface area contributed by atoms with Crippen molar-refractivity contribution in [3.8, 4) is 17.2 Å². The molecule has 1 N–H and O–H groups in total. The highest BCUT2D eigenvalue weighted by atomic mass is 16.5. The Morgan fingerprint density at radius 2 is 1.85 bits per heavy atom. The number of nitrogens with zero attached hydrogens (tertiary/aromatic N) is 2. The molecule has 26 heavy (non-hydrogen) atoms. The van der Waals surface area contributed by atoms with Crippen LogP contribution in [0.3, 0.4) is 0 Å². The molecular formula is C18H26N2O6. The molecule has 0 aliphatic heterocycles. The van der Waals surface area contributed by atoms with Gasteiger partial charge in [0.15, 0.2) is 5.69 Å². The summed E-state index contributed by atoms with van der Waals surface area (Å²) in [7, 11) is 2.89. The van der Waals surface area contributed by atoms with Gasteiger partial charge in [-0.2, -0.15) is 5.10 Å². The van der Waals surface area contributed by atoms with Crippen molar-refractivity contribution >= 4 is 5.97 Å². The van der Waals surface area contributed by atoms with Gasteiger partial charge < -0.3 is 24.1 Å². The van der Waals surface area contributed by atoms with Crippen molar-refractivity contribution in [1.29, 1.82) is 0 Å². The Labute approximate surface area is 153 Å². The highest BCUT2D eigenvalue weighted by Crippen LogP contribution is 2.26. The average Bonchev–Trinajstić information content (AvgIpc) is 3.15. The van der Waals surface area contributed by atoms with Crippen LogP contribution in [0.4, 0.5) is 0 Å². The minimum Gasteiger partial charge on any atom is -0.506 e. The number of ether oxygens (including phenoxy) is 4. The third kappa shape index (κ3) is 6.38. The van der Waals surface area contributed by atoms with E-state index in [-0.39, 0.29) is 11.4 Å². The lowest BCUT2D eigenvalue weighted by Crippen LogP contribution is -2.10. The maximum atomic E-state index is 11.4. The van der Waals surface area contributed by atoms with Crippen LogP contribution in [0.15, 0.2) is 30.5 Å². The molecule has 0 aliphatic rings. The van der Waals surface area contributed by atoms with E-state index < -0.39 is 5.97 Å². The lowest BCUT2D eigenvalue weighted by Gasteiger charge is -2.09. The van der Waals surface area contributed by atoms with Crippen molar-refractivity contribution in [2.24, 2.45) is 0 Å². The van der Waals surface area contributed by atoms with Gasteiger partial charge in [-0.25, -0.2) is 9.48 Å². The van der Waals surface area contributed by atoms with Crippen LogP contribution >= 0.6 is 0 Å². The second-order valence-corrected chi connectivity index (χ2v) is 4.74. The molecule has 0 unspecified atom stereocenters. The van der Waals surface area contributed by atoms with E-state index >= 15 is 0 Å². The van der Waals surface area contributed by atoms with Crippen LogP contribution in [0.5, 0.6) is 11.5 Å². The largest absolute Gasteiger partial charge is 0.506 e. The Balaban J connectivity index is 0.00000163. The van der Waals surface area contributed by atoms with Crippen molar-refractivity contribution in [3.63, 3.8) is 0 Å². The van der Waals surface area contributed by atoms with E-state index in [1.807, 2.05) is 13.8 Å². The molecule has 0 aliphatic carbocycles. The van der Waals surface area contributed by atoms with E-state index in [2.05, 4.69) is 9.84 Å². The molecule has 2 aromatic rings. The first-order valence-corrected chi connectivity index (χ1v) is 8.32. The summed E-state index contributed by atoms with van der Waals surface area (Å²) >= 11 is 0. The Kier molecular flexibility index (Phi) is 9.81. The second kappa shape index (κ2) is 11.9. The predicted octanol–water partition coefficient (Wildman–Crippen LogP) is 2.43. The summed E-state index contributed by atoms with van der Waals surface area (Å²) in [6, 6.07) is 6.32. The van der Waals surface area contributed by atoms with Gasteiger partial charge in [-0.3, -0.25) is 0 Å². The van der Waals surface area contributed by atoms with Crippen LogP contribution in [0.1, 0.15) is 24.3 Å². The minimum absolute atomic E-state index is 0.0210. The summed E-state index contributed by atoms with van der Waals surface area (Å²) in [4.78, 5) is 11.4. The zero-order valence-corrected chi connectivity index (χ0v) is 15.6. The van der Waals surface area contributed by atoms with Crippen LogP contribution in [-0.4, -0.2) is 61.5 Å². The van der Waals surface area contributed by atoms with Crippen LogP contribution < -0.4 is 4.74 Å². The van der Waals surface area contributed by atoms with Crippen LogP contribution in [0, 0.1) is 0 Å². The number of phenols is 1. The molecule has 1 aromatic heterocycles. The summed E-state index contributed by atoms with van der Waals surface area (Å²) in [6.45, 7) is 5.82. The van der Waals surface area contributed by atoms with Gasteiger partial charge in [0, 0.05) is 19.4 Å². The molecule has 0 radical (unpaired) electrons. The van der Waals surface area contributed by atoms with E-state index in [4.69, 9.17) is 14.2 Å². The molecule has 0 fully saturated rings. The Hall–Kier alpha value is -2.58. The SMILES string of the molecule is CC.COCCOCCOc1ccc(-n2ccc(C(=O)OC)n2)c(O)c1. The quantitative estimate of drug-likeness (QED) is 0.538. The van der Waals surface area contributed by atoms with Gasteiger partial charge in [-0.05, 0) is 18.2 Å². The Morgan fingerprint density at radius 1 is 1.12 bits per heavy atom. The number of hydrogen-bond donors (Lipinski definition) is 1. The fraction of sp³-hybridized carbons (Fsp3) is 0.444. The standard InChI is InChI=1S/C16H20N2O6.C2H6/c1-21-7-8-23-9-10-24-12-3-4-14(15(19)11-12)18-6-5-13(17-18)16(20)22-2;1-2/h3-6,11,19H,7-10H2,1-2H3;1-2H3. The molecule has 144 valence electrons. The maximum Gasteiger partial charge on any atom is 0.358 e. The van der Waals surface area contributed by atoms with Gasteiger partial charge in [0.25, 0.3) is 0 Å². The van der Waals surface area contributed by atoms with Gasteiger partial charge in [0.2, 0.25) is 0 Å². The normalized spacial score (nSPS) is 10.0. The zero-order valence-electron chi connectivity index (χ0n) is 15.6. The lowest BCUT2D eigenvalue weighted by atomic mass is 10.3. The molecule has 0 spiro atoms. The molecule has 0 atom stereocenters. The number of esters is 1. The molecule has 1 heterocycles. The average molecular weight is 366 g/mol. The molecule has 0 bridgehead atoms. The number of aromatic hydroxyl groups is 1. The van der Waals surface area contributed by atoms with E-state index in [1.54, 1.807) is 25.4 Å². The number of rotatable bonds is 9. The number of carbonyl (C=O) groups excluding carboxylic acids is 1. The van der Waals surface area contributed by atoms with Crippen LogP contribution in [0.25, 0.3) is 5.69 Å². The zero-order chi connectivity index (χ0) is 19.4. The van der Waals surface area contributed by atoms with E-state index in [0.29, 0.717) is 37.9 Å². The number of hydrogen-bond acceptors (Lipinski definition) is 7. The Morgan fingerprint density at radius 3 is 2.50 bits per heavy atom. The summed E-state index contributed by atoms with van der Waals surface area (Å²) in [6.07, 6.45) is 1.56. The smallest absolute Gasteiger partial charge is 0.358 e. The molecular weight excluding hydrogens is 340 g/mol. The molecule has 8 heteroatoms. The third-order valence-corrected chi connectivity index (χ3v) is 3.11. The van der Waals surface area contributed by atoms with Gasteiger partial charge in [-0.15, -0.1) is 0 Å². The van der Waals surface area contributed by atoms with Crippen molar-refractivity contribution in [2.45, 2.75) is 13.8 Å². The van der Waals surface area contributed by atoms with Gasteiger partial charge in [0.05, 0.1) is 26.9 Å². The maximum absolute atomic E-state index is 11.4. The number of methoxy groups -OCH3 is 2. The monoisotopic (exact) mass is 366 g/mol. The predicted molar refractivity (Wildman–Crippen MR) is 96.1 cm³/mol. The van der Waals surface area contributed by atoms with E-state index in [0.717, 1.165) is 0 Å². The molecule has 8 nitrogen and oxygen atoms in total. The second-order valence-electron chi connectivity index (χ2n) is 4.74. The number of benzene rings is 1. The van der Waals surface area contributed by atoms with Gasteiger partial charge in [-0.1, -0.05) is 13.8 Å². The topological polar surface area (TPSA) is 92.0 Å². The van der Waals surface area contributed by atoms with Gasteiger partial charge in [0.1, 0.15) is 23.8 Å². The highest BCUT2D eigenvalue weighted by Gasteiger charge is 2.12. The van der Waals surface area contributed by atoms with Crippen LogP contribution in [0.2, 0.25) is 0 Å². The van der Waals surface area contributed by atoms with Crippen molar-refractivity contribution in [3.05, 3.63) is 36.2 Å². The summed E-state index contributed by atoms with van der Waals surface area (Å²) in [5, 5.41) is 14.2. The van der Waals surface area contributed by atoms with Crippen molar-refractivity contribution < 1.29 is 28.8 Å².